The molecule has 0 aliphatic heterocycles. The monoisotopic (exact) mass is 192 g/mol. The first-order valence-corrected chi connectivity index (χ1v) is 5.29. The molecular weight excluding hydrogens is 172 g/mol. The van der Waals surface area contributed by atoms with Gasteiger partial charge in [-0.15, -0.1) is 0 Å². The molecule has 0 N–H and O–H groups in total. The minimum absolute atomic E-state index is 0.608. The van der Waals surface area contributed by atoms with Crippen LogP contribution in [0.2, 0.25) is 0 Å². The Labute approximate surface area is 87.1 Å². The van der Waals surface area contributed by atoms with E-state index in [0.717, 1.165) is 12.4 Å². The Kier molecular flexibility index (Phi) is 3.99. The van der Waals surface area contributed by atoms with Gasteiger partial charge in [0.05, 0.1) is 6.61 Å². The zero-order valence-electron chi connectivity index (χ0n) is 9.58. The molecule has 0 saturated heterocycles. The lowest BCUT2D eigenvalue weighted by molar-refractivity contribution is 0.223. The van der Waals surface area contributed by atoms with Gasteiger partial charge < -0.3 is 4.74 Å². The van der Waals surface area contributed by atoms with Gasteiger partial charge in [0.1, 0.15) is 5.75 Å². The van der Waals surface area contributed by atoms with E-state index in [4.69, 9.17) is 4.74 Å². The molecule has 0 heterocycles. The fourth-order valence-corrected chi connectivity index (χ4v) is 1.05. The van der Waals surface area contributed by atoms with Crippen molar-refractivity contribution in [1.29, 1.82) is 0 Å². The van der Waals surface area contributed by atoms with Gasteiger partial charge in [-0.3, -0.25) is 0 Å². The molecular formula is C13H20O. The number of hydrogen-bond acceptors (Lipinski definition) is 1. The third kappa shape index (κ3) is 3.41. The van der Waals surface area contributed by atoms with Crippen molar-refractivity contribution in [2.45, 2.75) is 27.7 Å². The van der Waals surface area contributed by atoms with Crippen molar-refractivity contribution >= 4 is 0 Å². The van der Waals surface area contributed by atoms with E-state index in [0.29, 0.717) is 11.8 Å². The minimum Gasteiger partial charge on any atom is -0.493 e. The maximum Gasteiger partial charge on any atom is 0.119 e. The van der Waals surface area contributed by atoms with Gasteiger partial charge in [0.25, 0.3) is 0 Å². The molecule has 1 aromatic carbocycles. The molecule has 0 amide bonds. The fourth-order valence-electron chi connectivity index (χ4n) is 1.05. The van der Waals surface area contributed by atoms with Crippen molar-refractivity contribution in [2.24, 2.45) is 11.8 Å². The van der Waals surface area contributed by atoms with E-state index >= 15 is 0 Å². The molecule has 14 heavy (non-hydrogen) atoms. The van der Waals surface area contributed by atoms with E-state index in [1.807, 2.05) is 12.1 Å². The summed E-state index contributed by atoms with van der Waals surface area (Å²) in [5.74, 6) is 2.26. The standard InChI is InChI=1S/C13H20O/c1-10(2)12(4)9-14-13-7-5-11(3)6-8-13/h5-8,10,12H,9H2,1-4H3. The normalized spacial score (nSPS) is 12.9. The van der Waals surface area contributed by atoms with Crippen LogP contribution in [-0.2, 0) is 0 Å². The highest BCUT2D eigenvalue weighted by molar-refractivity contribution is 5.26. The number of benzene rings is 1. The smallest absolute Gasteiger partial charge is 0.119 e. The van der Waals surface area contributed by atoms with E-state index in [9.17, 15) is 0 Å². The van der Waals surface area contributed by atoms with Gasteiger partial charge in [-0.2, -0.15) is 0 Å². The summed E-state index contributed by atoms with van der Waals surface area (Å²) >= 11 is 0. The topological polar surface area (TPSA) is 9.23 Å². The van der Waals surface area contributed by atoms with Crippen LogP contribution in [0.5, 0.6) is 5.75 Å². The highest BCUT2D eigenvalue weighted by Crippen LogP contribution is 2.15. The Morgan fingerprint density at radius 3 is 2.14 bits per heavy atom. The van der Waals surface area contributed by atoms with Crippen molar-refractivity contribution in [3.63, 3.8) is 0 Å². The van der Waals surface area contributed by atoms with Gasteiger partial charge >= 0.3 is 0 Å². The highest BCUT2D eigenvalue weighted by atomic mass is 16.5. The summed E-state index contributed by atoms with van der Waals surface area (Å²) in [6, 6.07) is 8.22. The second-order valence-electron chi connectivity index (χ2n) is 4.35. The van der Waals surface area contributed by atoms with Gasteiger partial charge in [-0.1, -0.05) is 38.5 Å². The minimum atomic E-state index is 0.608. The first kappa shape index (κ1) is 11.1. The third-order valence-electron chi connectivity index (χ3n) is 2.67. The molecule has 0 aliphatic rings. The highest BCUT2D eigenvalue weighted by Gasteiger charge is 2.07. The summed E-state index contributed by atoms with van der Waals surface area (Å²) in [5.41, 5.74) is 1.27. The molecule has 0 aliphatic carbocycles. The average molecular weight is 192 g/mol. The maximum atomic E-state index is 5.68. The quantitative estimate of drug-likeness (QED) is 0.707. The van der Waals surface area contributed by atoms with Crippen LogP contribution in [0.3, 0.4) is 0 Å². The van der Waals surface area contributed by atoms with E-state index in [1.165, 1.54) is 5.56 Å². The van der Waals surface area contributed by atoms with E-state index < -0.39 is 0 Å². The van der Waals surface area contributed by atoms with Gasteiger partial charge in [0.15, 0.2) is 0 Å². The first-order chi connectivity index (χ1) is 6.59. The van der Waals surface area contributed by atoms with Gasteiger partial charge in [0, 0.05) is 0 Å². The van der Waals surface area contributed by atoms with Crippen LogP contribution in [0.15, 0.2) is 24.3 Å². The van der Waals surface area contributed by atoms with Crippen molar-refractivity contribution in [1.82, 2.24) is 0 Å². The molecule has 1 nitrogen and oxygen atoms in total. The molecule has 0 saturated carbocycles. The summed E-state index contributed by atoms with van der Waals surface area (Å²) in [5, 5.41) is 0. The van der Waals surface area contributed by atoms with Crippen molar-refractivity contribution in [3.8, 4) is 5.75 Å². The number of aryl methyl sites for hydroxylation is 1. The summed E-state index contributed by atoms with van der Waals surface area (Å²) in [6.45, 7) is 9.56. The second-order valence-corrected chi connectivity index (χ2v) is 4.35. The maximum absolute atomic E-state index is 5.68. The molecule has 0 aromatic heterocycles. The average Bonchev–Trinajstić information content (AvgIpc) is 2.16. The summed E-state index contributed by atoms with van der Waals surface area (Å²) in [7, 11) is 0. The second kappa shape index (κ2) is 5.04. The Balaban J connectivity index is 2.42. The summed E-state index contributed by atoms with van der Waals surface area (Å²) < 4.78 is 5.68. The lowest BCUT2D eigenvalue weighted by Crippen LogP contribution is -2.14. The molecule has 0 bridgehead atoms. The zero-order chi connectivity index (χ0) is 10.6. The van der Waals surface area contributed by atoms with Crippen LogP contribution in [0.25, 0.3) is 0 Å². The largest absolute Gasteiger partial charge is 0.493 e. The molecule has 1 aromatic rings. The Morgan fingerprint density at radius 2 is 1.64 bits per heavy atom. The molecule has 1 unspecified atom stereocenters. The van der Waals surface area contributed by atoms with Crippen LogP contribution in [-0.4, -0.2) is 6.61 Å². The number of ether oxygens (including phenoxy) is 1. The molecule has 1 heteroatoms. The van der Waals surface area contributed by atoms with Crippen LogP contribution in [0.1, 0.15) is 26.3 Å². The molecule has 1 rings (SSSR count). The van der Waals surface area contributed by atoms with Crippen LogP contribution < -0.4 is 4.74 Å². The van der Waals surface area contributed by atoms with Gasteiger partial charge in [0.2, 0.25) is 0 Å². The molecule has 1 atom stereocenters. The lowest BCUT2D eigenvalue weighted by Gasteiger charge is -2.16. The van der Waals surface area contributed by atoms with Gasteiger partial charge in [-0.05, 0) is 30.9 Å². The Bertz CT molecular complexity index is 261. The predicted octanol–water partition coefficient (Wildman–Crippen LogP) is 3.67. The fraction of sp³-hybridized carbons (Fsp3) is 0.538. The lowest BCUT2D eigenvalue weighted by atomic mass is 9.99. The molecule has 78 valence electrons. The zero-order valence-corrected chi connectivity index (χ0v) is 9.58. The predicted molar refractivity (Wildman–Crippen MR) is 60.7 cm³/mol. The van der Waals surface area contributed by atoms with Crippen molar-refractivity contribution in [2.75, 3.05) is 6.61 Å². The SMILES string of the molecule is Cc1ccc(OCC(C)C(C)C)cc1. The van der Waals surface area contributed by atoms with Gasteiger partial charge in [-0.25, -0.2) is 0 Å². The van der Waals surface area contributed by atoms with E-state index in [-0.39, 0.29) is 0 Å². The summed E-state index contributed by atoms with van der Waals surface area (Å²) in [4.78, 5) is 0. The van der Waals surface area contributed by atoms with Crippen LogP contribution >= 0.6 is 0 Å². The molecule has 0 fully saturated rings. The molecule has 0 radical (unpaired) electrons. The Hall–Kier alpha value is -0.980. The Morgan fingerprint density at radius 1 is 1.07 bits per heavy atom. The third-order valence-corrected chi connectivity index (χ3v) is 2.67. The van der Waals surface area contributed by atoms with Crippen LogP contribution in [0, 0.1) is 18.8 Å². The number of hydrogen-bond donors (Lipinski definition) is 0. The first-order valence-electron chi connectivity index (χ1n) is 5.29. The van der Waals surface area contributed by atoms with E-state index in [2.05, 4.69) is 39.8 Å². The van der Waals surface area contributed by atoms with Crippen molar-refractivity contribution in [3.05, 3.63) is 29.8 Å². The molecule has 0 spiro atoms. The van der Waals surface area contributed by atoms with Crippen molar-refractivity contribution < 1.29 is 4.74 Å². The summed E-state index contributed by atoms with van der Waals surface area (Å²) in [6.07, 6.45) is 0. The van der Waals surface area contributed by atoms with E-state index in [1.54, 1.807) is 0 Å². The number of rotatable bonds is 4. The van der Waals surface area contributed by atoms with Crippen LogP contribution in [0.4, 0.5) is 0 Å².